The van der Waals surface area contributed by atoms with Crippen LogP contribution in [0.4, 0.5) is 5.69 Å². The summed E-state index contributed by atoms with van der Waals surface area (Å²) in [7, 11) is -3.40. The summed E-state index contributed by atoms with van der Waals surface area (Å²) < 4.78 is 22.7. The molecule has 0 radical (unpaired) electrons. The van der Waals surface area contributed by atoms with Gasteiger partial charge in [-0.2, -0.15) is 0 Å². The molecule has 6 nitrogen and oxygen atoms in total. The normalized spacial score (nSPS) is 16.6. The van der Waals surface area contributed by atoms with Crippen molar-refractivity contribution in [3.63, 3.8) is 0 Å². The maximum atomic E-state index is 11.8. The van der Waals surface area contributed by atoms with E-state index in [0.717, 1.165) is 23.9 Å². The summed E-state index contributed by atoms with van der Waals surface area (Å²) in [4.78, 5) is 25.3. The second-order valence-electron chi connectivity index (χ2n) is 5.51. The predicted molar refractivity (Wildman–Crippen MR) is 84.2 cm³/mol. The second kappa shape index (κ2) is 6.48. The number of amides is 2. The molecule has 1 saturated heterocycles. The van der Waals surface area contributed by atoms with Gasteiger partial charge in [0.15, 0.2) is 9.84 Å². The molecule has 2 rings (SSSR count). The molecule has 0 bridgehead atoms. The van der Waals surface area contributed by atoms with Crippen molar-refractivity contribution in [3.05, 3.63) is 29.8 Å². The topological polar surface area (TPSA) is 83.6 Å². The summed E-state index contributed by atoms with van der Waals surface area (Å²) in [5, 5.41) is 1.54. The molecule has 1 atom stereocenters. The van der Waals surface area contributed by atoms with E-state index in [1.807, 2.05) is 24.3 Å². The first kappa shape index (κ1) is 16.5. The molecule has 0 spiro atoms. The molecular weight excluding hydrogens is 304 g/mol. The number of anilines is 1. The average molecular weight is 324 g/mol. The Morgan fingerprint density at radius 2 is 2.14 bits per heavy atom. The highest BCUT2D eigenvalue weighted by Crippen LogP contribution is 2.22. The van der Waals surface area contributed by atoms with Crippen molar-refractivity contribution in [3.8, 4) is 0 Å². The molecule has 22 heavy (non-hydrogen) atoms. The molecule has 1 fully saturated rings. The lowest BCUT2D eigenvalue weighted by Crippen LogP contribution is -2.37. The van der Waals surface area contributed by atoms with E-state index in [9.17, 15) is 18.0 Å². The Kier molecular flexibility index (Phi) is 4.85. The maximum Gasteiger partial charge on any atom is 0.238 e. The van der Waals surface area contributed by atoms with Crippen LogP contribution in [0.25, 0.3) is 0 Å². The lowest BCUT2D eigenvalue weighted by Gasteiger charge is -2.17. The van der Waals surface area contributed by atoms with Crippen LogP contribution in [0.2, 0.25) is 0 Å². The van der Waals surface area contributed by atoms with Crippen LogP contribution in [0.1, 0.15) is 25.3 Å². The number of carbonyl (C=O) groups excluding carboxylic acids is 2. The zero-order valence-corrected chi connectivity index (χ0v) is 13.5. The Labute approximate surface area is 130 Å². The van der Waals surface area contributed by atoms with Gasteiger partial charge in [0.25, 0.3) is 0 Å². The summed E-state index contributed by atoms with van der Waals surface area (Å²) in [5.74, 6) is -0.419. The van der Waals surface area contributed by atoms with Crippen LogP contribution in [0, 0.1) is 0 Å². The fraction of sp³-hybridized carbons (Fsp3) is 0.467. The van der Waals surface area contributed by atoms with Crippen LogP contribution in [-0.2, 0) is 26.0 Å². The smallest absolute Gasteiger partial charge is 0.238 e. The Hall–Kier alpha value is -1.89. The van der Waals surface area contributed by atoms with Crippen molar-refractivity contribution in [1.82, 2.24) is 5.32 Å². The van der Waals surface area contributed by atoms with E-state index in [1.165, 1.54) is 6.92 Å². The lowest BCUT2D eigenvalue weighted by molar-refractivity contribution is -0.120. The van der Waals surface area contributed by atoms with E-state index >= 15 is 0 Å². The van der Waals surface area contributed by atoms with Crippen molar-refractivity contribution in [2.45, 2.75) is 31.6 Å². The lowest BCUT2D eigenvalue weighted by atomic mass is 10.2. The highest BCUT2D eigenvalue weighted by Gasteiger charge is 2.24. The van der Waals surface area contributed by atoms with Gasteiger partial charge in [0, 0.05) is 31.5 Å². The van der Waals surface area contributed by atoms with Crippen molar-refractivity contribution < 1.29 is 18.0 Å². The molecule has 1 aliphatic heterocycles. The summed E-state index contributed by atoms with van der Waals surface area (Å²) in [5.41, 5.74) is 1.64. The van der Waals surface area contributed by atoms with Gasteiger partial charge in [-0.05, 0) is 31.0 Å². The fourth-order valence-electron chi connectivity index (χ4n) is 2.28. The summed E-state index contributed by atoms with van der Waals surface area (Å²) in [6.07, 6.45) is 2.45. The van der Waals surface area contributed by atoms with Crippen molar-refractivity contribution in [2.75, 3.05) is 17.7 Å². The third kappa shape index (κ3) is 3.85. The van der Waals surface area contributed by atoms with E-state index in [2.05, 4.69) is 5.32 Å². The van der Waals surface area contributed by atoms with Gasteiger partial charge < -0.3 is 10.2 Å². The minimum atomic E-state index is -3.40. The zero-order valence-electron chi connectivity index (χ0n) is 12.7. The number of sulfone groups is 1. The molecule has 1 unspecified atom stereocenters. The van der Waals surface area contributed by atoms with E-state index in [-0.39, 0.29) is 12.5 Å². The molecule has 0 saturated carbocycles. The quantitative estimate of drug-likeness (QED) is 0.871. The summed E-state index contributed by atoms with van der Waals surface area (Å²) in [6.45, 7) is 2.30. The molecule has 0 aliphatic carbocycles. The zero-order chi connectivity index (χ0) is 16.3. The van der Waals surface area contributed by atoms with Gasteiger partial charge in [0.2, 0.25) is 11.8 Å². The highest BCUT2D eigenvalue weighted by molar-refractivity contribution is 7.92. The van der Waals surface area contributed by atoms with Crippen molar-refractivity contribution in [2.24, 2.45) is 0 Å². The van der Waals surface area contributed by atoms with Gasteiger partial charge in [0.1, 0.15) is 5.25 Å². The number of rotatable bonds is 5. The minimum absolute atomic E-state index is 0.104. The molecule has 1 aromatic rings. The number of hydrogen-bond donors (Lipinski definition) is 1. The number of carbonyl (C=O) groups is 2. The van der Waals surface area contributed by atoms with E-state index in [4.69, 9.17) is 0 Å². The third-order valence-electron chi connectivity index (χ3n) is 3.77. The van der Waals surface area contributed by atoms with Crippen LogP contribution in [-0.4, -0.2) is 38.3 Å². The molecule has 1 aromatic carbocycles. The molecule has 1 heterocycles. The van der Waals surface area contributed by atoms with Gasteiger partial charge in [-0.1, -0.05) is 12.1 Å². The molecular formula is C15H20N2O4S. The van der Waals surface area contributed by atoms with Crippen LogP contribution in [0.3, 0.4) is 0 Å². The predicted octanol–water partition coefficient (Wildman–Crippen LogP) is 0.863. The van der Waals surface area contributed by atoms with Gasteiger partial charge >= 0.3 is 0 Å². The summed E-state index contributed by atoms with van der Waals surface area (Å²) in [6, 6.07) is 7.35. The fourth-order valence-corrected chi connectivity index (χ4v) is 2.76. The van der Waals surface area contributed by atoms with E-state index < -0.39 is 21.0 Å². The number of benzene rings is 1. The standard InChI is InChI=1S/C15H20N2O4S/c1-11(22(2,20)21)15(19)16-10-12-5-3-6-13(9-12)17-8-4-7-14(17)18/h3,5-6,9,11H,4,7-8,10H2,1-2H3,(H,16,19). The van der Waals surface area contributed by atoms with Gasteiger partial charge in [-0.15, -0.1) is 0 Å². The Balaban J connectivity index is 2.02. The largest absolute Gasteiger partial charge is 0.351 e. The third-order valence-corrected chi connectivity index (χ3v) is 5.27. The number of nitrogens with one attached hydrogen (secondary N) is 1. The summed E-state index contributed by atoms with van der Waals surface area (Å²) >= 11 is 0. The second-order valence-corrected chi connectivity index (χ2v) is 7.87. The monoisotopic (exact) mass is 324 g/mol. The Morgan fingerprint density at radius 1 is 1.41 bits per heavy atom. The first-order valence-corrected chi connectivity index (χ1v) is 9.10. The Bertz CT molecular complexity index is 685. The SMILES string of the molecule is CC(C(=O)NCc1cccc(N2CCCC2=O)c1)S(C)(=O)=O. The van der Waals surface area contributed by atoms with Crippen LogP contribution in [0.5, 0.6) is 0 Å². The Morgan fingerprint density at radius 3 is 2.73 bits per heavy atom. The number of hydrogen-bond acceptors (Lipinski definition) is 4. The first-order valence-electron chi connectivity index (χ1n) is 7.15. The highest BCUT2D eigenvalue weighted by atomic mass is 32.2. The molecule has 7 heteroatoms. The maximum absolute atomic E-state index is 11.8. The van der Waals surface area contributed by atoms with Gasteiger partial charge in [-0.25, -0.2) is 8.42 Å². The molecule has 1 N–H and O–H groups in total. The van der Waals surface area contributed by atoms with Crippen LogP contribution >= 0.6 is 0 Å². The number of nitrogens with zero attached hydrogens (tertiary/aromatic N) is 1. The van der Waals surface area contributed by atoms with Crippen LogP contribution in [0.15, 0.2) is 24.3 Å². The van der Waals surface area contributed by atoms with Crippen molar-refractivity contribution in [1.29, 1.82) is 0 Å². The van der Waals surface area contributed by atoms with Crippen molar-refractivity contribution >= 4 is 27.3 Å². The van der Waals surface area contributed by atoms with Gasteiger partial charge in [0.05, 0.1) is 0 Å². The van der Waals surface area contributed by atoms with E-state index in [0.29, 0.717) is 13.0 Å². The first-order chi connectivity index (χ1) is 10.3. The van der Waals surface area contributed by atoms with Gasteiger partial charge in [-0.3, -0.25) is 9.59 Å². The van der Waals surface area contributed by atoms with Crippen LogP contribution < -0.4 is 10.2 Å². The molecule has 1 aliphatic rings. The molecule has 120 valence electrons. The van der Waals surface area contributed by atoms with E-state index in [1.54, 1.807) is 4.90 Å². The minimum Gasteiger partial charge on any atom is -0.351 e. The molecule has 2 amide bonds. The molecule has 0 aromatic heterocycles. The average Bonchev–Trinajstić information content (AvgIpc) is 2.89.